The number of hydrogen-bond acceptors (Lipinski definition) is 5. The summed E-state index contributed by atoms with van der Waals surface area (Å²) in [5, 5.41) is 16.5. The van der Waals surface area contributed by atoms with Crippen LogP contribution in [0.5, 0.6) is 0 Å². The van der Waals surface area contributed by atoms with E-state index in [0.29, 0.717) is 12.5 Å². The van der Waals surface area contributed by atoms with Gasteiger partial charge in [-0.3, -0.25) is 0 Å². The topological polar surface area (TPSA) is 75.4 Å². The second-order valence-electron chi connectivity index (χ2n) is 5.90. The maximum atomic E-state index is 12.3. The van der Waals surface area contributed by atoms with Gasteiger partial charge < -0.3 is 10.2 Å². The van der Waals surface area contributed by atoms with Crippen molar-refractivity contribution in [2.45, 2.75) is 25.3 Å². The average molecular weight is 342 g/mol. The third-order valence-electron chi connectivity index (χ3n) is 4.32. The number of carbonyl (C=O) groups excluding carboxylic acids is 1. The van der Waals surface area contributed by atoms with Crippen molar-refractivity contribution >= 4 is 22.3 Å². The molecule has 3 heterocycles. The molecule has 3 aromatic rings. The van der Waals surface area contributed by atoms with E-state index in [1.807, 2.05) is 35.2 Å². The zero-order chi connectivity index (χ0) is 16.4. The van der Waals surface area contributed by atoms with Crippen LogP contribution in [0.1, 0.15) is 29.3 Å². The van der Waals surface area contributed by atoms with Crippen LogP contribution in [0.25, 0.3) is 4.96 Å². The van der Waals surface area contributed by atoms with Crippen molar-refractivity contribution in [3.8, 4) is 0 Å². The fraction of sp³-hybridized carbons (Fsp3) is 0.375. The Kier molecular flexibility index (Phi) is 4.12. The van der Waals surface area contributed by atoms with Gasteiger partial charge in [0, 0.05) is 25.6 Å². The van der Waals surface area contributed by atoms with Crippen molar-refractivity contribution in [3.05, 3.63) is 47.2 Å². The Hall–Kier alpha value is -2.48. The van der Waals surface area contributed by atoms with Crippen molar-refractivity contribution in [2.75, 3.05) is 13.1 Å². The van der Waals surface area contributed by atoms with Gasteiger partial charge in [-0.2, -0.15) is 9.61 Å². The number of nitrogens with zero attached hydrogens (tertiary/aromatic N) is 5. The highest BCUT2D eigenvalue weighted by atomic mass is 32.1. The molecule has 1 saturated heterocycles. The molecule has 1 N–H and O–H groups in total. The van der Waals surface area contributed by atoms with Gasteiger partial charge in [-0.1, -0.05) is 41.7 Å². The summed E-state index contributed by atoms with van der Waals surface area (Å²) in [5.74, 6) is 0.398. The third-order valence-corrected chi connectivity index (χ3v) is 5.40. The van der Waals surface area contributed by atoms with Gasteiger partial charge in [0.2, 0.25) is 4.96 Å². The number of amides is 2. The Morgan fingerprint density at radius 3 is 2.79 bits per heavy atom. The highest BCUT2D eigenvalue weighted by Gasteiger charge is 2.26. The predicted molar refractivity (Wildman–Crippen MR) is 90.9 cm³/mol. The van der Waals surface area contributed by atoms with E-state index in [0.717, 1.165) is 41.5 Å². The van der Waals surface area contributed by atoms with Crippen LogP contribution in [0.2, 0.25) is 0 Å². The summed E-state index contributed by atoms with van der Waals surface area (Å²) in [7, 11) is 0. The molecule has 0 spiro atoms. The zero-order valence-electron chi connectivity index (χ0n) is 13.1. The molecule has 0 bridgehead atoms. The molecule has 0 aliphatic carbocycles. The molecule has 7 nitrogen and oxygen atoms in total. The number of carbonyl (C=O) groups is 1. The number of benzene rings is 1. The Labute approximate surface area is 143 Å². The van der Waals surface area contributed by atoms with E-state index in [9.17, 15) is 4.79 Å². The lowest BCUT2D eigenvalue weighted by molar-refractivity contribution is 0.181. The number of fused-ring (bicyclic) bond motifs is 1. The zero-order valence-corrected chi connectivity index (χ0v) is 13.9. The molecule has 0 saturated carbocycles. The van der Waals surface area contributed by atoms with Gasteiger partial charge in [0.05, 0.1) is 0 Å². The molecule has 2 aromatic heterocycles. The molecule has 0 atom stereocenters. The minimum Gasteiger partial charge on any atom is -0.334 e. The number of hydrogen-bond donors (Lipinski definition) is 1. The van der Waals surface area contributed by atoms with Crippen LogP contribution in [0.3, 0.4) is 0 Å². The molecule has 4 rings (SSSR count). The average Bonchev–Trinajstić information content (AvgIpc) is 3.23. The highest BCUT2D eigenvalue weighted by molar-refractivity contribution is 7.16. The largest absolute Gasteiger partial charge is 0.334 e. The van der Waals surface area contributed by atoms with Gasteiger partial charge in [0.25, 0.3) is 0 Å². The SMILES string of the molecule is O=C(NCc1ccccc1)N1CCC(c2nn3cnnc3s2)CC1. The summed E-state index contributed by atoms with van der Waals surface area (Å²) in [4.78, 5) is 15.0. The lowest BCUT2D eigenvalue weighted by atomic mass is 9.98. The third kappa shape index (κ3) is 3.09. The molecular formula is C16H18N6OS. The first kappa shape index (κ1) is 15.1. The fourth-order valence-corrected chi connectivity index (χ4v) is 3.94. The molecule has 0 unspecified atom stereocenters. The maximum Gasteiger partial charge on any atom is 0.317 e. The molecule has 2 amide bonds. The van der Waals surface area contributed by atoms with Crippen LogP contribution in [-0.4, -0.2) is 43.8 Å². The van der Waals surface area contributed by atoms with Crippen molar-refractivity contribution in [1.29, 1.82) is 0 Å². The van der Waals surface area contributed by atoms with E-state index >= 15 is 0 Å². The van der Waals surface area contributed by atoms with E-state index < -0.39 is 0 Å². The standard InChI is InChI=1S/C16H18N6OS/c23-15(17-10-12-4-2-1-3-5-12)21-8-6-13(7-9-21)14-20-22-11-18-19-16(22)24-14/h1-5,11,13H,6-10H2,(H,17,23). The number of aromatic nitrogens is 4. The summed E-state index contributed by atoms with van der Waals surface area (Å²) in [6, 6.07) is 9.97. The van der Waals surface area contributed by atoms with Crippen LogP contribution in [0.15, 0.2) is 36.7 Å². The molecule has 1 aromatic carbocycles. The molecule has 8 heteroatoms. The molecule has 1 aliphatic heterocycles. The first-order valence-electron chi connectivity index (χ1n) is 8.03. The Morgan fingerprint density at radius 2 is 2.04 bits per heavy atom. The monoisotopic (exact) mass is 342 g/mol. The van der Waals surface area contributed by atoms with Gasteiger partial charge in [0.15, 0.2) is 0 Å². The summed E-state index contributed by atoms with van der Waals surface area (Å²) < 4.78 is 1.72. The second-order valence-corrected chi connectivity index (χ2v) is 6.89. The lowest BCUT2D eigenvalue weighted by Gasteiger charge is -2.31. The minimum absolute atomic E-state index is 0.00967. The highest BCUT2D eigenvalue weighted by Crippen LogP contribution is 2.30. The number of urea groups is 1. The second kappa shape index (κ2) is 6.56. The van der Waals surface area contributed by atoms with Gasteiger partial charge in [0.1, 0.15) is 11.3 Å². The maximum absolute atomic E-state index is 12.3. The van der Waals surface area contributed by atoms with Crippen LogP contribution in [0, 0.1) is 0 Å². The lowest BCUT2D eigenvalue weighted by Crippen LogP contribution is -2.43. The van der Waals surface area contributed by atoms with E-state index in [2.05, 4.69) is 20.6 Å². The minimum atomic E-state index is 0.00967. The summed E-state index contributed by atoms with van der Waals surface area (Å²) in [6.07, 6.45) is 3.49. The van der Waals surface area contributed by atoms with Crippen molar-refractivity contribution in [1.82, 2.24) is 30.0 Å². The Morgan fingerprint density at radius 1 is 1.25 bits per heavy atom. The van der Waals surface area contributed by atoms with E-state index in [-0.39, 0.29) is 6.03 Å². The Balaban J connectivity index is 1.30. The first-order valence-corrected chi connectivity index (χ1v) is 8.85. The smallest absolute Gasteiger partial charge is 0.317 e. The fourth-order valence-electron chi connectivity index (χ4n) is 2.96. The number of piperidine rings is 1. The molecular weight excluding hydrogens is 324 g/mol. The van der Waals surface area contributed by atoms with Gasteiger partial charge in [-0.15, -0.1) is 10.2 Å². The van der Waals surface area contributed by atoms with Crippen molar-refractivity contribution in [2.24, 2.45) is 0 Å². The van der Waals surface area contributed by atoms with Crippen molar-refractivity contribution < 1.29 is 4.79 Å². The van der Waals surface area contributed by atoms with Crippen LogP contribution in [-0.2, 0) is 6.54 Å². The van der Waals surface area contributed by atoms with Gasteiger partial charge in [-0.25, -0.2) is 4.79 Å². The molecule has 124 valence electrons. The van der Waals surface area contributed by atoms with E-state index in [1.54, 1.807) is 22.2 Å². The molecule has 24 heavy (non-hydrogen) atoms. The summed E-state index contributed by atoms with van der Waals surface area (Å²) in [6.45, 7) is 2.08. The molecule has 1 fully saturated rings. The van der Waals surface area contributed by atoms with Gasteiger partial charge >= 0.3 is 6.03 Å². The van der Waals surface area contributed by atoms with E-state index in [1.165, 1.54) is 0 Å². The van der Waals surface area contributed by atoms with Crippen LogP contribution < -0.4 is 5.32 Å². The Bertz CT molecular complexity index is 793. The van der Waals surface area contributed by atoms with E-state index in [4.69, 9.17) is 0 Å². The molecule has 1 aliphatic rings. The predicted octanol–water partition coefficient (Wildman–Crippen LogP) is 2.28. The van der Waals surface area contributed by atoms with Gasteiger partial charge in [-0.05, 0) is 18.4 Å². The van der Waals surface area contributed by atoms with Crippen LogP contribution >= 0.6 is 11.3 Å². The van der Waals surface area contributed by atoms with Crippen molar-refractivity contribution in [3.63, 3.8) is 0 Å². The quantitative estimate of drug-likeness (QED) is 0.792. The summed E-state index contributed by atoms with van der Waals surface area (Å²) >= 11 is 1.59. The molecule has 0 radical (unpaired) electrons. The summed E-state index contributed by atoms with van der Waals surface area (Å²) in [5.41, 5.74) is 1.11. The van der Waals surface area contributed by atoms with Crippen LogP contribution in [0.4, 0.5) is 4.79 Å². The first-order chi connectivity index (χ1) is 11.8. The normalized spacial score (nSPS) is 15.8. The number of nitrogens with one attached hydrogen (secondary N) is 1. The number of rotatable bonds is 3. The number of likely N-dealkylation sites (tertiary alicyclic amines) is 1.